The highest BCUT2D eigenvalue weighted by Gasteiger charge is 2.14. The second-order valence-corrected chi connectivity index (χ2v) is 4.62. The molecule has 0 atom stereocenters. The highest BCUT2D eigenvalue weighted by molar-refractivity contribution is 6.01. The van der Waals surface area contributed by atoms with Gasteiger partial charge in [-0.15, -0.1) is 0 Å². The smallest absolute Gasteiger partial charge is 0.355 e. The first kappa shape index (κ1) is 13.2. The molecule has 3 N–H and O–H groups in total. The number of benzene rings is 2. The van der Waals surface area contributed by atoms with Crippen LogP contribution in [0, 0.1) is 0 Å². The molecular weight excluding hydrogens is 266 g/mol. The monoisotopic (exact) mass is 279 g/mol. The third-order valence-electron chi connectivity index (χ3n) is 3.25. The molecule has 0 aliphatic carbocycles. The molecule has 5 nitrogen and oxygen atoms in total. The largest absolute Gasteiger partial charge is 0.476 e. The van der Waals surface area contributed by atoms with Gasteiger partial charge < -0.3 is 10.8 Å². The minimum absolute atomic E-state index is 0.0125. The molecule has 0 fully saturated rings. The fourth-order valence-electron chi connectivity index (χ4n) is 2.16. The Kier molecular flexibility index (Phi) is 3.33. The van der Waals surface area contributed by atoms with Gasteiger partial charge in [-0.2, -0.15) is 0 Å². The van der Waals surface area contributed by atoms with Crippen LogP contribution in [0.3, 0.4) is 0 Å². The molecule has 3 rings (SSSR count). The van der Waals surface area contributed by atoms with Crippen molar-refractivity contribution in [2.45, 2.75) is 6.54 Å². The number of para-hydroxylation sites is 1. The molecule has 0 saturated heterocycles. The lowest BCUT2D eigenvalue weighted by Crippen LogP contribution is -2.05. The van der Waals surface area contributed by atoms with E-state index in [-0.39, 0.29) is 5.69 Å². The fraction of sp³-hybridized carbons (Fsp3) is 0.0625. The van der Waals surface area contributed by atoms with E-state index in [4.69, 9.17) is 5.73 Å². The molecule has 104 valence electrons. The normalized spacial score (nSPS) is 10.7. The molecule has 21 heavy (non-hydrogen) atoms. The minimum atomic E-state index is -1.06. The number of hydrogen-bond acceptors (Lipinski definition) is 4. The van der Waals surface area contributed by atoms with E-state index in [0.29, 0.717) is 23.3 Å². The van der Waals surface area contributed by atoms with E-state index in [1.165, 1.54) is 0 Å². The Morgan fingerprint density at radius 1 is 1.05 bits per heavy atom. The highest BCUT2D eigenvalue weighted by Crippen LogP contribution is 2.22. The first-order chi connectivity index (χ1) is 10.2. The van der Waals surface area contributed by atoms with Crippen molar-refractivity contribution < 1.29 is 9.90 Å². The highest BCUT2D eigenvalue weighted by atomic mass is 16.4. The lowest BCUT2D eigenvalue weighted by molar-refractivity contribution is 0.0693. The summed E-state index contributed by atoms with van der Waals surface area (Å²) in [6.45, 7) is 0.458. The van der Waals surface area contributed by atoms with Crippen LogP contribution in [0.1, 0.15) is 16.1 Å². The summed E-state index contributed by atoms with van der Waals surface area (Å²) >= 11 is 0. The Morgan fingerprint density at radius 3 is 2.43 bits per heavy atom. The quantitative estimate of drug-likeness (QED) is 0.768. The summed E-state index contributed by atoms with van der Waals surface area (Å²) in [6.07, 6.45) is 0. The van der Waals surface area contributed by atoms with Crippen molar-refractivity contribution in [3.8, 4) is 11.4 Å². The average molecular weight is 279 g/mol. The summed E-state index contributed by atoms with van der Waals surface area (Å²) in [4.78, 5) is 20.0. The van der Waals surface area contributed by atoms with Crippen molar-refractivity contribution in [2.24, 2.45) is 5.73 Å². The van der Waals surface area contributed by atoms with Crippen molar-refractivity contribution in [1.29, 1.82) is 0 Å². The van der Waals surface area contributed by atoms with Crippen molar-refractivity contribution in [1.82, 2.24) is 9.97 Å². The molecule has 0 amide bonds. The van der Waals surface area contributed by atoms with E-state index in [1.807, 2.05) is 30.3 Å². The van der Waals surface area contributed by atoms with Crippen molar-refractivity contribution in [3.05, 3.63) is 59.8 Å². The van der Waals surface area contributed by atoms with Crippen LogP contribution in [0.5, 0.6) is 0 Å². The number of aromatic carboxylic acids is 1. The van der Waals surface area contributed by atoms with Gasteiger partial charge in [0.05, 0.1) is 5.52 Å². The van der Waals surface area contributed by atoms with Gasteiger partial charge >= 0.3 is 5.97 Å². The van der Waals surface area contributed by atoms with E-state index in [0.717, 1.165) is 11.1 Å². The van der Waals surface area contributed by atoms with Crippen LogP contribution in [-0.4, -0.2) is 21.0 Å². The summed E-state index contributed by atoms with van der Waals surface area (Å²) in [5.74, 6) is -0.664. The fourth-order valence-corrected chi connectivity index (χ4v) is 2.16. The molecule has 2 aromatic carbocycles. The van der Waals surface area contributed by atoms with Gasteiger partial charge in [0.1, 0.15) is 0 Å². The van der Waals surface area contributed by atoms with E-state index < -0.39 is 5.97 Å². The van der Waals surface area contributed by atoms with Crippen LogP contribution in [-0.2, 0) is 6.54 Å². The summed E-state index contributed by atoms with van der Waals surface area (Å²) in [5.41, 5.74) is 7.96. The van der Waals surface area contributed by atoms with E-state index in [1.54, 1.807) is 18.2 Å². The number of nitrogens with two attached hydrogens (primary N) is 1. The minimum Gasteiger partial charge on any atom is -0.476 e. The second-order valence-electron chi connectivity index (χ2n) is 4.62. The second kappa shape index (κ2) is 5.30. The third kappa shape index (κ3) is 2.46. The van der Waals surface area contributed by atoms with Crippen LogP contribution >= 0.6 is 0 Å². The predicted octanol–water partition coefficient (Wildman–Crippen LogP) is 2.45. The summed E-state index contributed by atoms with van der Waals surface area (Å²) in [6, 6.07) is 14.5. The van der Waals surface area contributed by atoms with Gasteiger partial charge in [0.2, 0.25) is 0 Å². The molecule has 0 aliphatic heterocycles. The van der Waals surface area contributed by atoms with Crippen LogP contribution in [0.15, 0.2) is 48.5 Å². The molecule has 0 bridgehead atoms. The number of carbonyl (C=O) groups is 1. The molecule has 0 saturated carbocycles. The number of carboxylic acids is 1. The van der Waals surface area contributed by atoms with E-state index >= 15 is 0 Å². The number of nitrogens with zero attached hydrogens (tertiary/aromatic N) is 2. The van der Waals surface area contributed by atoms with Crippen molar-refractivity contribution in [3.63, 3.8) is 0 Å². The first-order valence-electron chi connectivity index (χ1n) is 6.48. The number of hydrogen-bond donors (Lipinski definition) is 2. The molecule has 1 heterocycles. The maximum Gasteiger partial charge on any atom is 0.355 e. The van der Waals surface area contributed by atoms with Crippen LogP contribution in [0.4, 0.5) is 0 Å². The van der Waals surface area contributed by atoms with Gasteiger partial charge in [0, 0.05) is 17.5 Å². The number of rotatable bonds is 3. The SMILES string of the molecule is NCc1ccc(-c2nc(C(=O)O)c3ccccc3n2)cc1. The van der Waals surface area contributed by atoms with Crippen LogP contribution in [0.2, 0.25) is 0 Å². The number of fused-ring (bicyclic) bond motifs is 1. The number of carboxylic acid groups (broad SMARTS) is 1. The van der Waals surface area contributed by atoms with Gasteiger partial charge in [-0.25, -0.2) is 14.8 Å². The molecule has 0 spiro atoms. The van der Waals surface area contributed by atoms with E-state index in [2.05, 4.69) is 9.97 Å². The van der Waals surface area contributed by atoms with Crippen LogP contribution < -0.4 is 5.73 Å². The summed E-state index contributed by atoms with van der Waals surface area (Å²) < 4.78 is 0. The molecule has 0 aliphatic rings. The first-order valence-corrected chi connectivity index (χ1v) is 6.48. The van der Waals surface area contributed by atoms with Crippen molar-refractivity contribution >= 4 is 16.9 Å². The lowest BCUT2D eigenvalue weighted by Gasteiger charge is -2.06. The topological polar surface area (TPSA) is 89.1 Å². The Balaban J connectivity index is 2.20. The van der Waals surface area contributed by atoms with Gasteiger partial charge in [-0.1, -0.05) is 42.5 Å². The van der Waals surface area contributed by atoms with Gasteiger partial charge in [-0.3, -0.25) is 0 Å². The Labute approximate surface area is 121 Å². The Bertz CT molecular complexity index is 813. The summed E-state index contributed by atoms with van der Waals surface area (Å²) in [7, 11) is 0. The maximum atomic E-state index is 11.4. The Hall–Kier alpha value is -2.79. The molecule has 0 unspecified atom stereocenters. The molecule has 1 aromatic heterocycles. The predicted molar refractivity (Wildman–Crippen MR) is 79.8 cm³/mol. The van der Waals surface area contributed by atoms with Crippen LogP contribution in [0.25, 0.3) is 22.3 Å². The zero-order chi connectivity index (χ0) is 14.8. The maximum absolute atomic E-state index is 11.4. The number of aromatic nitrogens is 2. The van der Waals surface area contributed by atoms with E-state index in [9.17, 15) is 9.90 Å². The standard InChI is InChI=1S/C16H13N3O2/c17-9-10-5-7-11(8-6-10)15-18-13-4-2-1-3-12(13)14(19-15)16(20)21/h1-8H,9,17H2,(H,20,21). The van der Waals surface area contributed by atoms with Crippen molar-refractivity contribution in [2.75, 3.05) is 0 Å². The summed E-state index contributed by atoms with van der Waals surface area (Å²) in [5, 5.41) is 9.86. The Morgan fingerprint density at radius 2 is 1.76 bits per heavy atom. The molecule has 0 radical (unpaired) electrons. The van der Waals surface area contributed by atoms with Gasteiger partial charge in [0.25, 0.3) is 0 Å². The zero-order valence-electron chi connectivity index (χ0n) is 11.2. The van der Waals surface area contributed by atoms with Gasteiger partial charge in [-0.05, 0) is 11.6 Å². The molecular formula is C16H13N3O2. The molecule has 3 aromatic rings. The van der Waals surface area contributed by atoms with Gasteiger partial charge in [0.15, 0.2) is 11.5 Å². The average Bonchev–Trinajstić information content (AvgIpc) is 2.53. The molecule has 5 heteroatoms. The lowest BCUT2D eigenvalue weighted by atomic mass is 10.1. The third-order valence-corrected chi connectivity index (χ3v) is 3.25. The zero-order valence-corrected chi connectivity index (χ0v) is 11.2.